The van der Waals surface area contributed by atoms with Crippen molar-refractivity contribution in [2.75, 3.05) is 11.9 Å². The average molecular weight is 270 g/mol. The van der Waals surface area contributed by atoms with Crippen LogP contribution in [0, 0.1) is 5.92 Å². The molecular formula is C16H18N2O2. The Morgan fingerprint density at radius 1 is 1.20 bits per heavy atom. The molecule has 4 heteroatoms. The largest absolute Gasteiger partial charge is 0.329 e. The van der Waals surface area contributed by atoms with E-state index >= 15 is 0 Å². The van der Waals surface area contributed by atoms with Gasteiger partial charge in [0.2, 0.25) is 11.8 Å². The normalized spacial score (nSPS) is 21.9. The number of nitrogens with one attached hydrogen (secondary N) is 1. The van der Waals surface area contributed by atoms with Crippen LogP contribution in [0.5, 0.6) is 0 Å². The summed E-state index contributed by atoms with van der Waals surface area (Å²) in [6.45, 7) is 0.654. The van der Waals surface area contributed by atoms with E-state index < -0.39 is 0 Å². The van der Waals surface area contributed by atoms with Gasteiger partial charge in [-0.3, -0.25) is 9.59 Å². The van der Waals surface area contributed by atoms with Crippen molar-refractivity contribution < 1.29 is 9.59 Å². The molecule has 2 amide bonds. The van der Waals surface area contributed by atoms with Crippen LogP contribution in [-0.4, -0.2) is 23.3 Å². The molecule has 1 atom stereocenters. The molecule has 4 nitrogen and oxygen atoms in total. The Bertz CT molecular complexity index is 565. The van der Waals surface area contributed by atoms with Crippen LogP contribution in [0.2, 0.25) is 0 Å². The molecule has 3 rings (SSSR count). The number of nitrogens with zero attached hydrogens (tertiary/aromatic N) is 1. The summed E-state index contributed by atoms with van der Waals surface area (Å²) in [5.74, 6) is 0.00826. The molecule has 0 spiro atoms. The summed E-state index contributed by atoms with van der Waals surface area (Å²) < 4.78 is 0. The number of hydrogen-bond acceptors (Lipinski definition) is 2. The molecule has 1 heterocycles. The Balaban J connectivity index is 1.81. The average Bonchev–Trinajstić information content (AvgIpc) is 2.65. The maximum absolute atomic E-state index is 12.6. The van der Waals surface area contributed by atoms with Crippen molar-refractivity contribution >= 4 is 17.5 Å². The van der Waals surface area contributed by atoms with Crippen LogP contribution in [0.3, 0.4) is 0 Å². The summed E-state index contributed by atoms with van der Waals surface area (Å²) >= 11 is 0. The molecule has 1 unspecified atom stereocenters. The van der Waals surface area contributed by atoms with Crippen LogP contribution in [0.1, 0.15) is 24.8 Å². The second-order valence-corrected chi connectivity index (χ2v) is 5.38. The van der Waals surface area contributed by atoms with Crippen molar-refractivity contribution in [2.45, 2.75) is 25.8 Å². The topological polar surface area (TPSA) is 49.4 Å². The summed E-state index contributed by atoms with van der Waals surface area (Å²) in [7, 11) is 0. The van der Waals surface area contributed by atoms with Gasteiger partial charge in [-0.1, -0.05) is 30.4 Å². The van der Waals surface area contributed by atoms with Crippen LogP contribution in [-0.2, 0) is 16.1 Å². The molecule has 104 valence electrons. The van der Waals surface area contributed by atoms with Gasteiger partial charge in [0.1, 0.15) is 6.54 Å². The molecule has 2 aliphatic rings. The zero-order valence-corrected chi connectivity index (χ0v) is 11.3. The van der Waals surface area contributed by atoms with Gasteiger partial charge < -0.3 is 10.2 Å². The SMILES string of the molecule is O=C1CN(C(=O)C2CC=CCC2)Cc2ccccc2N1. The minimum absolute atomic E-state index is 0.0260. The predicted octanol–water partition coefficient (Wildman–Crippen LogP) is 2.32. The first kappa shape index (κ1) is 12.9. The summed E-state index contributed by atoms with van der Waals surface area (Å²) in [5.41, 5.74) is 1.81. The van der Waals surface area contributed by atoms with E-state index in [9.17, 15) is 9.59 Å². The fraction of sp³-hybridized carbons (Fsp3) is 0.375. The number of allylic oxidation sites excluding steroid dienone is 2. The first-order valence-electron chi connectivity index (χ1n) is 7.05. The molecule has 0 radical (unpaired) electrons. The Hall–Kier alpha value is -2.10. The van der Waals surface area contributed by atoms with Gasteiger partial charge in [-0.25, -0.2) is 0 Å². The number of benzene rings is 1. The molecule has 20 heavy (non-hydrogen) atoms. The maximum Gasteiger partial charge on any atom is 0.244 e. The van der Waals surface area contributed by atoms with Crippen molar-refractivity contribution in [1.82, 2.24) is 4.90 Å². The highest BCUT2D eigenvalue weighted by molar-refractivity contribution is 5.96. The molecule has 0 saturated carbocycles. The number of anilines is 1. The van der Waals surface area contributed by atoms with E-state index in [-0.39, 0.29) is 24.3 Å². The fourth-order valence-electron chi connectivity index (χ4n) is 2.84. The van der Waals surface area contributed by atoms with Crippen molar-refractivity contribution in [1.29, 1.82) is 0 Å². The van der Waals surface area contributed by atoms with Crippen LogP contribution in [0.15, 0.2) is 36.4 Å². The number of hydrogen-bond donors (Lipinski definition) is 1. The van der Waals surface area contributed by atoms with Crippen molar-refractivity contribution in [3.8, 4) is 0 Å². The number of carbonyl (C=O) groups is 2. The molecule has 0 fully saturated rings. The maximum atomic E-state index is 12.6. The van der Waals surface area contributed by atoms with Crippen LogP contribution in [0.4, 0.5) is 5.69 Å². The summed E-state index contributed by atoms with van der Waals surface area (Å²) in [6, 6.07) is 7.66. The minimum Gasteiger partial charge on any atom is -0.329 e. The summed E-state index contributed by atoms with van der Waals surface area (Å²) in [5, 5.41) is 2.86. The molecule has 0 aromatic heterocycles. The first-order valence-corrected chi connectivity index (χ1v) is 7.05. The Labute approximate surface area is 118 Å². The van der Waals surface area contributed by atoms with E-state index in [0.29, 0.717) is 6.54 Å². The van der Waals surface area contributed by atoms with Gasteiger partial charge in [-0.15, -0.1) is 0 Å². The van der Waals surface area contributed by atoms with E-state index in [1.807, 2.05) is 24.3 Å². The van der Waals surface area contributed by atoms with Crippen molar-refractivity contribution in [2.24, 2.45) is 5.92 Å². The second kappa shape index (κ2) is 5.49. The second-order valence-electron chi connectivity index (χ2n) is 5.38. The third kappa shape index (κ3) is 2.59. The molecule has 0 saturated heterocycles. The lowest BCUT2D eigenvalue weighted by Gasteiger charge is -2.26. The Kier molecular flexibility index (Phi) is 3.54. The van der Waals surface area contributed by atoms with E-state index in [4.69, 9.17) is 0 Å². The van der Waals surface area contributed by atoms with Crippen molar-refractivity contribution in [3.63, 3.8) is 0 Å². The van der Waals surface area contributed by atoms with Crippen LogP contribution < -0.4 is 5.32 Å². The predicted molar refractivity (Wildman–Crippen MR) is 77.0 cm³/mol. The fourth-order valence-corrected chi connectivity index (χ4v) is 2.84. The van der Waals surface area contributed by atoms with Crippen molar-refractivity contribution in [3.05, 3.63) is 42.0 Å². The summed E-state index contributed by atoms with van der Waals surface area (Å²) in [6.07, 6.45) is 6.81. The van der Waals surface area contributed by atoms with Gasteiger partial charge in [0.25, 0.3) is 0 Å². The third-order valence-corrected chi connectivity index (χ3v) is 3.92. The molecule has 1 aliphatic heterocycles. The first-order chi connectivity index (χ1) is 9.74. The van der Waals surface area contributed by atoms with E-state index in [2.05, 4.69) is 17.5 Å². The highest BCUT2D eigenvalue weighted by Gasteiger charge is 2.28. The zero-order chi connectivity index (χ0) is 13.9. The highest BCUT2D eigenvalue weighted by Crippen LogP contribution is 2.25. The lowest BCUT2D eigenvalue weighted by Crippen LogP contribution is -2.39. The standard InChI is InChI=1S/C16H18N2O2/c19-15-11-18(16(20)12-6-2-1-3-7-12)10-13-8-4-5-9-14(13)17-15/h1-2,4-5,8-9,12H,3,6-7,10-11H2,(H,17,19). The van der Waals surface area contributed by atoms with Gasteiger partial charge in [-0.05, 0) is 30.9 Å². The van der Waals surface area contributed by atoms with Gasteiger partial charge in [0.15, 0.2) is 0 Å². The zero-order valence-electron chi connectivity index (χ0n) is 11.3. The minimum atomic E-state index is -0.116. The lowest BCUT2D eigenvalue weighted by molar-refractivity contribution is -0.139. The van der Waals surface area contributed by atoms with Gasteiger partial charge in [0, 0.05) is 18.2 Å². The van der Waals surface area contributed by atoms with E-state index in [0.717, 1.165) is 30.5 Å². The molecular weight excluding hydrogens is 252 g/mol. The van der Waals surface area contributed by atoms with Gasteiger partial charge >= 0.3 is 0 Å². The smallest absolute Gasteiger partial charge is 0.244 e. The Morgan fingerprint density at radius 2 is 2.05 bits per heavy atom. The van der Waals surface area contributed by atoms with Crippen LogP contribution >= 0.6 is 0 Å². The molecule has 1 aliphatic carbocycles. The third-order valence-electron chi connectivity index (χ3n) is 3.92. The molecule has 0 bridgehead atoms. The number of carbonyl (C=O) groups excluding carboxylic acids is 2. The number of rotatable bonds is 1. The summed E-state index contributed by atoms with van der Waals surface area (Å²) in [4.78, 5) is 26.2. The van der Waals surface area contributed by atoms with E-state index in [1.165, 1.54) is 0 Å². The molecule has 1 N–H and O–H groups in total. The van der Waals surface area contributed by atoms with Crippen LogP contribution in [0.25, 0.3) is 0 Å². The number of para-hydroxylation sites is 1. The highest BCUT2D eigenvalue weighted by atomic mass is 16.2. The van der Waals surface area contributed by atoms with Gasteiger partial charge in [0.05, 0.1) is 0 Å². The Morgan fingerprint density at radius 3 is 2.85 bits per heavy atom. The quantitative estimate of drug-likeness (QED) is 0.796. The van der Waals surface area contributed by atoms with E-state index in [1.54, 1.807) is 4.90 Å². The molecule has 1 aromatic rings. The van der Waals surface area contributed by atoms with Gasteiger partial charge in [-0.2, -0.15) is 0 Å². The molecule has 1 aromatic carbocycles. The monoisotopic (exact) mass is 270 g/mol. The number of amides is 2. The lowest BCUT2D eigenvalue weighted by atomic mass is 9.93. The number of fused-ring (bicyclic) bond motifs is 1.